The van der Waals surface area contributed by atoms with Gasteiger partial charge >= 0.3 is 0 Å². The standard InChI is InChI=1S/C22H24IN5O2S/c1-13-7-5-6-8-17(13)21(30)24-15(3)20-26-27-22(28(20)4)31-12-19(29)25-18-10-9-16(23)11-14(18)2/h5-11,15H,12H2,1-4H3,(H,24,30)(H,25,29)/t15-/m1/s1. The highest BCUT2D eigenvalue weighted by molar-refractivity contribution is 14.1. The molecular weight excluding hydrogens is 525 g/mol. The van der Waals surface area contributed by atoms with Gasteiger partial charge in [-0.1, -0.05) is 30.0 Å². The topological polar surface area (TPSA) is 88.9 Å². The molecule has 1 atom stereocenters. The minimum atomic E-state index is -0.331. The van der Waals surface area contributed by atoms with Crippen molar-refractivity contribution in [3.05, 3.63) is 68.5 Å². The van der Waals surface area contributed by atoms with Crippen molar-refractivity contribution >= 4 is 51.9 Å². The van der Waals surface area contributed by atoms with Gasteiger partial charge in [0, 0.05) is 21.9 Å². The Morgan fingerprint density at radius 2 is 1.87 bits per heavy atom. The Hall–Kier alpha value is -2.40. The summed E-state index contributed by atoms with van der Waals surface area (Å²) in [5.74, 6) is 0.564. The first-order valence-electron chi connectivity index (χ1n) is 9.71. The van der Waals surface area contributed by atoms with Crippen LogP contribution in [0.2, 0.25) is 0 Å². The first-order chi connectivity index (χ1) is 14.8. The second-order valence-electron chi connectivity index (χ2n) is 7.21. The van der Waals surface area contributed by atoms with Crippen molar-refractivity contribution in [1.82, 2.24) is 20.1 Å². The van der Waals surface area contributed by atoms with Crippen molar-refractivity contribution in [2.75, 3.05) is 11.1 Å². The third-order valence-corrected chi connectivity index (χ3v) is 6.48. The Morgan fingerprint density at radius 1 is 1.13 bits per heavy atom. The Kier molecular flexibility index (Phi) is 7.71. The molecular formula is C22H24IN5O2S. The van der Waals surface area contributed by atoms with Crippen LogP contribution in [0, 0.1) is 17.4 Å². The van der Waals surface area contributed by atoms with Gasteiger partial charge in [-0.05, 0) is 78.8 Å². The molecule has 0 aliphatic rings. The molecule has 0 fully saturated rings. The molecule has 1 heterocycles. The molecule has 7 nitrogen and oxygen atoms in total. The zero-order valence-electron chi connectivity index (χ0n) is 17.8. The van der Waals surface area contributed by atoms with Crippen LogP contribution in [-0.4, -0.2) is 32.3 Å². The van der Waals surface area contributed by atoms with E-state index >= 15 is 0 Å². The van der Waals surface area contributed by atoms with Gasteiger partial charge in [0.15, 0.2) is 11.0 Å². The van der Waals surface area contributed by atoms with Crippen LogP contribution in [0.5, 0.6) is 0 Å². The van der Waals surface area contributed by atoms with Crippen molar-refractivity contribution < 1.29 is 9.59 Å². The number of amides is 2. The molecule has 2 amide bonds. The van der Waals surface area contributed by atoms with E-state index in [-0.39, 0.29) is 23.6 Å². The zero-order chi connectivity index (χ0) is 22.5. The fraction of sp³-hybridized carbons (Fsp3) is 0.273. The first-order valence-corrected chi connectivity index (χ1v) is 11.8. The molecule has 162 valence electrons. The smallest absolute Gasteiger partial charge is 0.252 e. The molecule has 3 rings (SSSR count). The number of carbonyl (C=O) groups is 2. The van der Waals surface area contributed by atoms with Crippen molar-refractivity contribution in [3.8, 4) is 0 Å². The number of thioether (sulfide) groups is 1. The van der Waals surface area contributed by atoms with Gasteiger partial charge in [-0.3, -0.25) is 9.59 Å². The third-order valence-electron chi connectivity index (χ3n) is 4.79. The van der Waals surface area contributed by atoms with Crippen LogP contribution in [0.4, 0.5) is 5.69 Å². The first kappa shape index (κ1) is 23.3. The normalized spacial score (nSPS) is 11.8. The lowest BCUT2D eigenvalue weighted by molar-refractivity contribution is -0.113. The molecule has 0 spiro atoms. The molecule has 2 aromatic carbocycles. The lowest BCUT2D eigenvalue weighted by Gasteiger charge is -2.14. The molecule has 31 heavy (non-hydrogen) atoms. The van der Waals surface area contributed by atoms with Crippen molar-refractivity contribution in [3.63, 3.8) is 0 Å². The van der Waals surface area contributed by atoms with E-state index in [1.807, 2.05) is 64.2 Å². The van der Waals surface area contributed by atoms with Crippen LogP contribution in [0.25, 0.3) is 0 Å². The Bertz CT molecular complexity index is 1120. The number of nitrogens with one attached hydrogen (secondary N) is 2. The van der Waals surface area contributed by atoms with Gasteiger partial charge in [0.2, 0.25) is 5.91 Å². The van der Waals surface area contributed by atoms with Gasteiger partial charge in [-0.2, -0.15) is 0 Å². The SMILES string of the molecule is Cc1cc(I)ccc1NC(=O)CSc1nnc([C@@H](C)NC(=O)c2ccccc2C)n1C. The summed E-state index contributed by atoms with van der Waals surface area (Å²) < 4.78 is 2.93. The van der Waals surface area contributed by atoms with Crippen molar-refractivity contribution in [2.24, 2.45) is 7.05 Å². The van der Waals surface area contributed by atoms with E-state index in [4.69, 9.17) is 0 Å². The summed E-state index contributed by atoms with van der Waals surface area (Å²) >= 11 is 3.54. The molecule has 0 saturated heterocycles. The number of hydrogen-bond donors (Lipinski definition) is 2. The van der Waals surface area contributed by atoms with Crippen LogP contribution < -0.4 is 10.6 Å². The molecule has 1 aromatic heterocycles. The second-order valence-corrected chi connectivity index (χ2v) is 9.39. The van der Waals surface area contributed by atoms with Crippen LogP contribution in [0.15, 0.2) is 47.6 Å². The highest BCUT2D eigenvalue weighted by atomic mass is 127. The Balaban J connectivity index is 1.59. The lowest BCUT2D eigenvalue weighted by atomic mass is 10.1. The fourth-order valence-corrected chi connectivity index (χ4v) is 4.44. The fourth-order valence-electron chi connectivity index (χ4n) is 3.08. The maximum absolute atomic E-state index is 12.6. The van der Waals surface area contributed by atoms with Crippen LogP contribution in [0.1, 0.15) is 40.3 Å². The Labute approximate surface area is 199 Å². The van der Waals surface area contributed by atoms with Crippen LogP contribution >= 0.6 is 34.4 Å². The number of anilines is 1. The summed E-state index contributed by atoms with van der Waals surface area (Å²) in [4.78, 5) is 24.9. The number of aryl methyl sites for hydroxylation is 2. The maximum atomic E-state index is 12.6. The number of carbonyl (C=O) groups excluding carboxylic acids is 2. The third kappa shape index (κ3) is 5.85. The molecule has 0 unspecified atom stereocenters. The Morgan fingerprint density at radius 3 is 2.58 bits per heavy atom. The van der Waals surface area contributed by atoms with Crippen LogP contribution in [0.3, 0.4) is 0 Å². The lowest BCUT2D eigenvalue weighted by Crippen LogP contribution is -2.29. The quantitative estimate of drug-likeness (QED) is 0.340. The highest BCUT2D eigenvalue weighted by Gasteiger charge is 2.19. The van der Waals surface area contributed by atoms with Gasteiger partial charge in [-0.15, -0.1) is 10.2 Å². The number of benzene rings is 2. The minimum Gasteiger partial charge on any atom is -0.342 e. The summed E-state index contributed by atoms with van der Waals surface area (Å²) in [6.07, 6.45) is 0. The molecule has 9 heteroatoms. The summed E-state index contributed by atoms with van der Waals surface area (Å²) in [5, 5.41) is 14.9. The number of nitrogens with zero attached hydrogens (tertiary/aromatic N) is 3. The number of aromatic nitrogens is 3. The number of halogens is 1. The number of rotatable bonds is 7. The molecule has 0 aliphatic carbocycles. The van der Waals surface area contributed by atoms with Gasteiger partial charge in [0.05, 0.1) is 11.8 Å². The summed E-state index contributed by atoms with van der Waals surface area (Å²) in [6, 6.07) is 13.0. The van der Waals surface area contributed by atoms with E-state index in [1.165, 1.54) is 11.8 Å². The van der Waals surface area contributed by atoms with E-state index in [9.17, 15) is 9.59 Å². The maximum Gasteiger partial charge on any atom is 0.252 e. The van der Waals surface area contributed by atoms with Gasteiger partial charge in [0.25, 0.3) is 5.91 Å². The molecule has 2 N–H and O–H groups in total. The van der Waals surface area contributed by atoms with Crippen molar-refractivity contribution in [2.45, 2.75) is 32.0 Å². The largest absolute Gasteiger partial charge is 0.342 e. The van der Waals surface area contributed by atoms with E-state index < -0.39 is 0 Å². The van der Waals surface area contributed by atoms with Gasteiger partial charge in [0.1, 0.15) is 0 Å². The number of hydrogen-bond acceptors (Lipinski definition) is 5. The van der Waals surface area contributed by atoms with Crippen molar-refractivity contribution in [1.29, 1.82) is 0 Å². The predicted octanol–water partition coefficient (Wildman–Crippen LogP) is 4.26. The predicted molar refractivity (Wildman–Crippen MR) is 131 cm³/mol. The van der Waals surface area contributed by atoms with E-state index in [0.717, 1.165) is 20.4 Å². The van der Waals surface area contributed by atoms with E-state index in [0.29, 0.717) is 16.5 Å². The minimum absolute atomic E-state index is 0.111. The molecule has 0 aliphatic heterocycles. The molecule has 0 saturated carbocycles. The van der Waals surface area contributed by atoms with E-state index in [2.05, 4.69) is 43.4 Å². The molecule has 0 radical (unpaired) electrons. The van der Waals surface area contributed by atoms with Gasteiger partial charge in [-0.25, -0.2) is 0 Å². The monoisotopic (exact) mass is 549 g/mol. The summed E-state index contributed by atoms with van der Waals surface area (Å²) in [6.45, 7) is 5.73. The van der Waals surface area contributed by atoms with Gasteiger partial charge < -0.3 is 15.2 Å². The zero-order valence-corrected chi connectivity index (χ0v) is 20.7. The average molecular weight is 549 g/mol. The van der Waals surface area contributed by atoms with E-state index in [1.54, 1.807) is 10.6 Å². The summed E-state index contributed by atoms with van der Waals surface area (Å²) in [5.41, 5.74) is 3.37. The average Bonchev–Trinajstić information content (AvgIpc) is 3.09. The summed E-state index contributed by atoms with van der Waals surface area (Å²) in [7, 11) is 1.83. The highest BCUT2D eigenvalue weighted by Crippen LogP contribution is 2.21. The molecule has 0 bridgehead atoms. The molecule has 3 aromatic rings. The van der Waals surface area contributed by atoms with Crippen LogP contribution in [-0.2, 0) is 11.8 Å². The second kappa shape index (κ2) is 10.3.